The Morgan fingerprint density at radius 3 is 2.86 bits per heavy atom. The third-order valence-corrected chi connectivity index (χ3v) is 2.68. The van der Waals surface area contributed by atoms with Crippen LogP contribution < -0.4 is 5.32 Å². The molecule has 2 rings (SSSR count). The summed E-state index contributed by atoms with van der Waals surface area (Å²) in [7, 11) is 0. The molecule has 1 N–H and O–H groups in total. The number of hydrogen-bond donors (Lipinski definition) is 1. The van der Waals surface area contributed by atoms with Crippen molar-refractivity contribution in [1.82, 2.24) is 5.32 Å². The molecule has 1 heterocycles. The topological polar surface area (TPSA) is 35.8 Å². The maximum Gasteiger partial charge on any atom is 0.126 e. The van der Waals surface area contributed by atoms with Crippen molar-refractivity contribution >= 4 is 0 Å². The first-order valence-corrected chi connectivity index (χ1v) is 4.67. The Bertz CT molecular complexity index is 370. The van der Waals surface area contributed by atoms with Crippen LogP contribution in [0.4, 0.5) is 4.39 Å². The van der Waals surface area contributed by atoms with Crippen molar-refractivity contribution in [1.29, 1.82) is 5.26 Å². The van der Waals surface area contributed by atoms with Gasteiger partial charge in [-0.3, -0.25) is 0 Å². The van der Waals surface area contributed by atoms with E-state index in [1.807, 2.05) is 6.07 Å². The van der Waals surface area contributed by atoms with Crippen molar-refractivity contribution < 1.29 is 4.39 Å². The van der Waals surface area contributed by atoms with E-state index in [4.69, 9.17) is 5.26 Å². The van der Waals surface area contributed by atoms with Gasteiger partial charge in [-0.05, 0) is 11.6 Å². The Kier molecular flexibility index (Phi) is 2.47. The van der Waals surface area contributed by atoms with Crippen molar-refractivity contribution in [2.45, 2.75) is 5.92 Å². The van der Waals surface area contributed by atoms with E-state index >= 15 is 0 Å². The summed E-state index contributed by atoms with van der Waals surface area (Å²) in [6, 6.07) is 8.90. The molecule has 0 radical (unpaired) electrons. The first kappa shape index (κ1) is 9.17. The molecule has 1 aliphatic rings. The molecule has 0 amide bonds. The summed E-state index contributed by atoms with van der Waals surface area (Å²) < 4.78 is 13.4. The van der Waals surface area contributed by atoms with E-state index in [1.54, 1.807) is 12.1 Å². The Morgan fingerprint density at radius 2 is 2.14 bits per heavy atom. The largest absolute Gasteiger partial charge is 0.315 e. The fourth-order valence-corrected chi connectivity index (χ4v) is 1.92. The fourth-order valence-electron chi connectivity index (χ4n) is 1.92. The van der Waals surface area contributed by atoms with Crippen LogP contribution in [0.15, 0.2) is 24.3 Å². The fraction of sp³-hybridized carbons (Fsp3) is 0.364. The lowest BCUT2D eigenvalue weighted by atomic mass is 9.90. The first-order chi connectivity index (χ1) is 6.83. The number of nitrogens with one attached hydrogen (secondary N) is 1. The molecule has 0 bridgehead atoms. The normalized spacial score (nSPS) is 26.0. The maximum atomic E-state index is 13.4. The molecule has 0 spiro atoms. The van der Waals surface area contributed by atoms with Crippen molar-refractivity contribution in [3.05, 3.63) is 35.6 Å². The number of nitriles is 1. The molecule has 14 heavy (non-hydrogen) atoms. The molecule has 2 atom stereocenters. The first-order valence-electron chi connectivity index (χ1n) is 4.67. The Balaban J connectivity index is 2.31. The molecule has 0 aliphatic carbocycles. The lowest BCUT2D eigenvalue weighted by Gasteiger charge is -2.12. The van der Waals surface area contributed by atoms with E-state index in [0.29, 0.717) is 18.7 Å². The van der Waals surface area contributed by atoms with Gasteiger partial charge < -0.3 is 5.32 Å². The summed E-state index contributed by atoms with van der Waals surface area (Å²) in [4.78, 5) is 0. The lowest BCUT2D eigenvalue weighted by Crippen LogP contribution is -2.10. The van der Waals surface area contributed by atoms with Crippen LogP contribution in [0.1, 0.15) is 11.5 Å². The minimum atomic E-state index is -0.207. The van der Waals surface area contributed by atoms with Crippen LogP contribution in [-0.4, -0.2) is 13.1 Å². The van der Waals surface area contributed by atoms with E-state index in [9.17, 15) is 4.39 Å². The number of benzene rings is 1. The van der Waals surface area contributed by atoms with E-state index in [2.05, 4.69) is 11.4 Å². The van der Waals surface area contributed by atoms with Crippen LogP contribution in [0, 0.1) is 23.1 Å². The van der Waals surface area contributed by atoms with Crippen LogP contribution in [0.2, 0.25) is 0 Å². The molecule has 3 heteroatoms. The summed E-state index contributed by atoms with van der Waals surface area (Å²) in [6.45, 7) is 1.36. The zero-order valence-corrected chi connectivity index (χ0v) is 7.70. The van der Waals surface area contributed by atoms with Crippen LogP contribution in [0.3, 0.4) is 0 Å². The van der Waals surface area contributed by atoms with Gasteiger partial charge in [-0.25, -0.2) is 4.39 Å². The molecule has 2 nitrogen and oxygen atoms in total. The van der Waals surface area contributed by atoms with E-state index in [-0.39, 0.29) is 17.7 Å². The average molecular weight is 190 g/mol. The monoisotopic (exact) mass is 190 g/mol. The highest BCUT2D eigenvalue weighted by Gasteiger charge is 2.29. The standard InChI is InChI=1S/C11H11FN2/c12-11-4-2-1-3-9(11)10-7-14-6-8(10)5-13/h1-4,8,10,14H,6-7H2. The van der Waals surface area contributed by atoms with Crippen molar-refractivity contribution in [2.24, 2.45) is 5.92 Å². The summed E-state index contributed by atoms with van der Waals surface area (Å²) in [5.41, 5.74) is 0.657. The van der Waals surface area contributed by atoms with Gasteiger partial charge in [0.05, 0.1) is 12.0 Å². The van der Waals surface area contributed by atoms with Gasteiger partial charge in [0, 0.05) is 19.0 Å². The molecule has 1 aromatic rings. The highest BCUT2D eigenvalue weighted by molar-refractivity contribution is 5.26. The molecule has 2 unspecified atom stereocenters. The summed E-state index contributed by atoms with van der Waals surface area (Å²) in [5, 5.41) is 12.0. The minimum Gasteiger partial charge on any atom is -0.315 e. The zero-order chi connectivity index (χ0) is 9.97. The molecule has 1 fully saturated rings. The van der Waals surface area contributed by atoms with E-state index in [1.165, 1.54) is 6.07 Å². The predicted octanol–water partition coefficient (Wildman–Crippen LogP) is 1.65. The summed E-state index contributed by atoms with van der Waals surface area (Å²) in [6.07, 6.45) is 0. The maximum absolute atomic E-state index is 13.4. The van der Waals surface area contributed by atoms with Gasteiger partial charge in [0.2, 0.25) is 0 Å². The van der Waals surface area contributed by atoms with Gasteiger partial charge in [-0.15, -0.1) is 0 Å². The van der Waals surface area contributed by atoms with Crippen LogP contribution in [0.25, 0.3) is 0 Å². The highest BCUT2D eigenvalue weighted by atomic mass is 19.1. The van der Waals surface area contributed by atoms with Gasteiger partial charge in [0.25, 0.3) is 0 Å². The quantitative estimate of drug-likeness (QED) is 0.731. The van der Waals surface area contributed by atoms with E-state index in [0.717, 1.165) is 0 Å². The lowest BCUT2D eigenvalue weighted by molar-refractivity contribution is 0.562. The molecule has 0 aromatic heterocycles. The number of nitrogens with zero attached hydrogens (tertiary/aromatic N) is 1. The van der Waals surface area contributed by atoms with Crippen LogP contribution >= 0.6 is 0 Å². The third-order valence-electron chi connectivity index (χ3n) is 2.68. The molecule has 1 saturated heterocycles. The number of hydrogen-bond acceptors (Lipinski definition) is 2. The summed E-state index contributed by atoms with van der Waals surface area (Å²) in [5.74, 6) is -0.311. The second kappa shape index (κ2) is 3.77. The second-order valence-corrected chi connectivity index (χ2v) is 3.52. The number of rotatable bonds is 1. The van der Waals surface area contributed by atoms with E-state index < -0.39 is 0 Å². The smallest absolute Gasteiger partial charge is 0.126 e. The van der Waals surface area contributed by atoms with Gasteiger partial charge in [-0.2, -0.15) is 5.26 Å². The van der Waals surface area contributed by atoms with Gasteiger partial charge in [-0.1, -0.05) is 18.2 Å². The molecule has 1 aromatic carbocycles. The van der Waals surface area contributed by atoms with Crippen LogP contribution in [0.5, 0.6) is 0 Å². The predicted molar refractivity (Wildman–Crippen MR) is 51.1 cm³/mol. The van der Waals surface area contributed by atoms with Crippen molar-refractivity contribution in [3.63, 3.8) is 0 Å². The zero-order valence-electron chi connectivity index (χ0n) is 7.70. The Labute approximate surface area is 82.4 Å². The van der Waals surface area contributed by atoms with Crippen molar-refractivity contribution in [2.75, 3.05) is 13.1 Å². The third kappa shape index (κ3) is 1.49. The second-order valence-electron chi connectivity index (χ2n) is 3.52. The minimum absolute atomic E-state index is 0.00111. The van der Waals surface area contributed by atoms with Crippen molar-refractivity contribution in [3.8, 4) is 6.07 Å². The Hall–Kier alpha value is -1.40. The van der Waals surface area contributed by atoms with Gasteiger partial charge in [0.15, 0.2) is 0 Å². The molecule has 0 saturated carbocycles. The average Bonchev–Trinajstić information content (AvgIpc) is 2.66. The van der Waals surface area contributed by atoms with Gasteiger partial charge >= 0.3 is 0 Å². The SMILES string of the molecule is N#CC1CNCC1c1ccccc1F. The molecular weight excluding hydrogens is 179 g/mol. The van der Waals surface area contributed by atoms with Gasteiger partial charge in [0.1, 0.15) is 5.82 Å². The molecule has 1 aliphatic heterocycles. The molecule has 72 valence electrons. The summed E-state index contributed by atoms with van der Waals surface area (Å²) >= 11 is 0. The highest BCUT2D eigenvalue weighted by Crippen LogP contribution is 2.29. The molecular formula is C11H11FN2. The van der Waals surface area contributed by atoms with Crippen LogP contribution in [-0.2, 0) is 0 Å². The number of halogens is 1. The Morgan fingerprint density at radius 1 is 1.36 bits per heavy atom.